The van der Waals surface area contributed by atoms with E-state index in [9.17, 15) is 0 Å². The Hall–Kier alpha value is -0.590. The predicted molar refractivity (Wildman–Crippen MR) is 66.0 cm³/mol. The Kier molecular flexibility index (Phi) is 6.52. The van der Waals surface area contributed by atoms with Gasteiger partial charge >= 0.3 is 0 Å². The van der Waals surface area contributed by atoms with E-state index in [4.69, 9.17) is 0 Å². The summed E-state index contributed by atoms with van der Waals surface area (Å²) < 4.78 is 0. The topological polar surface area (TPSA) is 12.4 Å². The van der Waals surface area contributed by atoms with Gasteiger partial charge in [0.1, 0.15) is 0 Å². The molecule has 0 saturated heterocycles. The molecule has 1 heteroatoms. The molecule has 0 saturated carbocycles. The van der Waals surface area contributed by atoms with Gasteiger partial charge < -0.3 is 0 Å². The van der Waals surface area contributed by atoms with Gasteiger partial charge in [-0.25, -0.2) is 0 Å². The Morgan fingerprint density at radius 3 is 2.14 bits per heavy atom. The summed E-state index contributed by atoms with van der Waals surface area (Å²) in [5.74, 6) is 1.19. The van der Waals surface area contributed by atoms with Crippen molar-refractivity contribution < 1.29 is 0 Å². The van der Waals surface area contributed by atoms with Crippen LogP contribution in [0.15, 0.2) is 17.1 Å². The Morgan fingerprint density at radius 2 is 1.79 bits per heavy atom. The second kappa shape index (κ2) is 6.80. The summed E-state index contributed by atoms with van der Waals surface area (Å²) in [6.07, 6.45) is 2.26. The van der Waals surface area contributed by atoms with Crippen molar-refractivity contribution in [3.05, 3.63) is 12.2 Å². The van der Waals surface area contributed by atoms with E-state index < -0.39 is 0 Å². The van der Waals surface area contributed by atoms with E-state index in [-0.39, 0.29) is 0 Å². The lowest BCUT2D eigenvalue weighted by Crippen LogP contribution is -2.15. The Bertz CT molecular complexity index is 203. The standard InChI is InChI=1S/C13H25N/c1-7-11(5)13(14-8-2)9-12(6)10(3)4/h11-12H,3,7-9H2,1-2,4-6H3. The lowest BCUT2D eigenvalue weighted by atomic mass is 9.90. The van der Waals surface area contributed by atoms with Gasteiger partial charge in [0.25, 0.3) is 0 Å². The number of allylic oxidation sites excluding steroid dienone is 1. The van der Waals surface area contributed by atoms with Crippen LogP contribution in [0.3, 0.4) is 0 Å². The highest BCUT2D eigenvalue weighted by atomic mass is 14.7. The summed E-state index contributed by atoms with van der Waals surface area (Å²) in [7, 11) is 0. The minimum absolute atomic E-state index is 0.564. The summed E-state index contributed by atoms with van der Waals surface area (Å²) in [5, 5.41) is 0. The Labute approximate surface area is 89.3 Å². The zero-order valence-electron chi connectivity index (χ0n) is 10.4. The molecule has 0 aromatic rings. The fourth-order valence-electron chi connectivity index (χ4n) is 1.35. The van der Waals surface area contributed by atoms with Crippen molar-refractivity contribution in [2.75, 3.05) is 6.54 Å². The summed E-state index contributed by atoms with van der Waals surface area (Å²) in [4.78, 5) is 4.59. The van der Waals surface area contributed by atoms with Crippen molar-refractivity contribution >= 4 is 5.71 Å². The summed E-state index contributed by atoms with van der Waals surface area (Å²) in [6, 6.07) is 0. The molecule has 2 unspecified atom stereocenters. The first-order chi connectivity index (χ1) is 6.52. The maximum Gasteiger partial charge on any atom is 0.0360 e. The van der Waals surface area contributed by atoms with Crippen molar-refractivity contribution in [3.8, 4) is 0 Å². The van der Waals surface area contributed by atoms with Crippen LogP contribution < -0.4 is 0 Å². The van der Waals surface area contributed by atoms with Crippen LogP contribution in [-0.2, 0) is 0 Å². The molecule has 0 spiro atoms. The minimum atomic E-state index is 0.564. The SMILES string of the molecule is C=C(C)C(C)CC(=NCC)C(C)CC. The molecule has 0 N–H and O–H groups in total. The van der Waals surface area contributed by atoms with Crippen molar-refractivity contribution in [1.29, 1.82) is 0 Å². The van der Waals surface area contributed by atoms with Crippen LogP contribution in [0, 0.1) is 11.8 Å². The molecule has 0 amide bonds. The third-order valence-corrected chi connectivity index (χ3v) is 2.90. The molecule has 0 aromatic heterocycles. The van der Waals surface area contributed by atoms with Gasteiger partial charge in [-0.1, -0.05) is 32.9 Å². The highest BCUT2D eigenvalue weighted by Crippen LogP contribution is 2.18. The zero-order chi connectivity index (χ0) is 11.1. The van der Waals surface area contributed by atoms with E-state index in [2.05, 4.69) is 46.2 Å². The monoisotopic (exact) mass is 195 g/mol. The van der Waals surface area contributed by atoms with Gasteiger partial charge in [0, 0.05) is 12.3 Å². The Balaban J connectivity index is 4.38. The van der Waals surface area contributed by atoms with Gasteiger partial charge in [0.2, 0.25) is 0 Å². The second-order valence-corrected chi connectivity index (χ2v) is 4.23. The third-order valence-electron chi connectivity index (χ3n) is 2.90. The summed E-state index contributed by atoms with van der Waals surface area (Å²) in [5.41, 5.74) is 2.63. The number of hydrogen-bond donors (Lipinski definition) is 0. The van der Waals surface area contributed by atoms with E-state index in [1.54, 1.807) is 0 Å². The van der Waals surface area contributed by atoms with Gasteiger partial charge in [0.15, 0.2) is 0 Å². The molecule has 82 valence electrons. The largest absolute Gasteiger partial charge is 0.294 e. The zero-order valence-corrected chi connectivity index (χ0v) is 10.4. The minimum Gasteiger partial charge on any atom is -0.294 e. The van der Waals surface area contributed by atoms with Crippen LogP contribution >= 0.6 is 0 Å². The normalized spacial score (nSPS) is 16.5. The van der Waals surface area contributed by atoms with Gasteiger partial charge in [-0.15, -0.1) is 0 Å². The first-order valence-electron chi connectivity index (χ1n) is 5.71. The van der Waals surface area contributed by atoms with E-state index in [0.717, 1.165) is 13.0 Å². The van der Waals surface area contributed by atoms with E-state index in [1.165, 1.54) is 17.7 Å². The number of rotatable bonds is 6. The average molecular weight is 195 g/mol. The predicted octanol–water partition coefficient (Wildman–Crippen LogP) is 4.10. The molecule has 0 aliphatic heterocycles. The van der Waals surface area contributed by atoms with E-state index >= 15 is 0 Å². The molecular formula is C13H25N. The molecule has 0 aliphatic rings. The highest BCUT2D eigenvalue weighted by molar-refractivity contribution is 5.86. The number of aliphatic imine (C=N–C) groups is 1. The number of nitrogens with zero attached hydrogens (tertiary/aromatic N) is 1. The maximum atomic E-state index is 4.59. The lowest BCUT2D eigenvalue weighted by Gasteiger charge is -2.17. The van der Waals surface area contributed by atoms with Gasteiger partial charge in [0.05, 0.1) is 0 Å². The summed E-state index contributed by atoms with van der Waals surface area (Å²) in [6.45, 7) is 15.8. The Morgan fingerprint density at radius 1 is 1.21 bits per heavy atom. The smallest absolute Gasteiger partial charge is 0.0360 e. The second-order valence-electron chi connectivity index (χ2n) is 4.23. The summed E-state index contributed by atoms with van der Waals surface area (Å²) >= 11 is 0. The maximum absolute atomic E-state index is 4.59. The van der Waals surface area contributed by atoms with Crippen LogP contribution in [0.1, 0.15) is 47.5 Å². The van der Waals surface area contributed by atoms with Gasteiger partial charge in [-0.3, -0.25) is 4.99 Å². The van der Waals surface area contributed by atoms with Crippen LogP contribution in [-0.4, -0.2) is 12.3 Å². The van der Waals surface area contributed by atoms with E-state index in [0.29, 0.717) is 11.8 Å². The van der Waals surface area contributed by atoms with Crippen LogP contribution in [0.4, 0.5) is 0 Å². The molecule has 0 aliphatic carbocycles. The molecule has 0 aromatic carbocycles. The van der Waals surface area contributed by atoms with E-state index in [1.807, 2.05) is 0 Å². The third kappa shape index (κ3) is 4.59. The number of hydrogen-bond acceptors (Lipinski definition) is 1. The van der Waals surface area contributed by atoms with Gasteiger partial charge in [-0.2, -0.15) is 0 Å². The van der Waals surface area contributed by atoms with Crippen molar-refractivity contribution in [2.24, 2.45) is 16.8 Å². The highest BCUT2D eigenvalue weighted by Gasteiger charge is 2.12. The first-order valence-corrected chi connectivity index (χ1v) is 5.71. The molecule has 14 heavy (non-hydrogen) atoms. The van der Waals surface area contributed by atoms with Crippen LogP contribution in [0.25, 0.3) is 0 Å². The quantitative estimate of drug-likeness (QED) is 0.447. The molecule has 0 fully saturated rings. The first kappa shape index (κ1) is 13.4. The van der Waals surface area contributed by atoms with Crippen LogP contribution in [0.2, 0.25) is 0 Å². The molecule has 0 bridgehead atoms. The van der Waals surface area contributed by atoms with Gasteiger partial charge in [-0.05, 0) is 38.5 Å². The fourth-order valence-corrected chi connectivity index (χ4v) is 1.35. The lowest BCUT2D eigenvalue weighted by molar-refractivity contribution is 0.655. The van der Waals surface area contributed by atoms with Crippen molar-refractivity contribution in [1.82, 2.24) is 0 Å². The average Bonchev–Trinajstić information content (AvgIpc) is 2.15. The molecule has 0 heterocycles. The van der Waals surface area contributed by atoms with Crippen molar-refractivity contribution in [2.45, 2.75) is 47.5 Å². The molecule has 2 atom stereocenters. The van der Waals surface area contributed by atoms with Crippen molar-refractivity contribution in [3.63, 3.8) is 0 Å². The molecule has 0 radical (unpaired) electrons. The fraction of sp³-hybridized carbons (Fsp3) is 0.769. The molecular weight excluding hydrogens is 170 g/mol. The van der Waals surface area contributed by atoms with Crippen LogP contribution in [0.5, 0.6) is 0 Å². The molecule has 1 nitrogen and oxygen atoms in total. The molecule has 0 rings (SSSR count).